The van der Waals surface area contributed by atoms with E-state index >= 15 is 0 Å². The molecule has 0 aliphatic heterocycles. The van der Waals surface area contributed by atoms with Gasteiger partial charge in [-0.1, -0.05) is 0 Å². The number of hydrogen-bond acceptors (Lipinski definition) is 4. The van der Waals surface area contributed by atoms with Gasteiger partial charge in [0, 0.05) is 20.1 Å². The van der Waals surface area contributed by atoms with Crippen molar-refractivity contribution in [2.75, 3.05) is 13.7 Å². The number of furan rings is 1. The minimum atomic E-state index is -1.13. The molecule has 1 rings (SSSR count). The third-order valence-corrected chi connectivity index (χ3v) is 2.21. The van der Waals surface area contributed by atoms with E-state index < -0.39 is 17.9 Å². The first-order valence-corrected chi connectivity index (χ1v) is 5.20. The molecule has 1 amide bonds. The van der Waals surface area contributed by atoms with Crippen molar-refractivity contribution >= 4 is 23.5 Å². The Labute approximate surface area is 102 Å². The van der Waals surface area contributed by atoms with Crippen LogP contribution in [0.4, 0.5) is 0 Å². The lowest BCUT2D eigenvalue weighted by Gasteiger charge is -2.12. The largest absolute Gasteiger partial charge is 0.480 e. The topological polar surface area (TPSA) is 88.8 Å². The molecule has 1 heterocycles. The summed E-state index contributed by atoms with van der Waals surface area (Å²) in [6.45, 7) is 0.232. The van der Waals surface area contributed by atoms with Crippen LogP contribution in [0.2, 0.25) is 5.22 Å². The van der Waals surface area contributed by atoms with E-state index in [9.17, 15) is 9.59 Å². The average molecular weight is 262 g/mol. The van der Waals surface area contributed by atoms with Gasteiger partial charge in [0.2, 0.25) is 0 Å². The van der Waals surface area contributed by atoms with Crippen LogP contribution in [0.3, 0.4) is 0 Å². The van der Waals surface area contributed by atoms with E-state index in [1.54, 1.807) is 0 Å². The average Bonchev–Trinajstić information content (AvgIpc) is 2.70. The number of hydrogen-bond donors (Lipinski definition) is 2. The van der Waals surface area contributed by atoms with Crippen molar-refractivity contribution in [2.45, 2.75) is 12.5 Å². The molecule has 94 valence electrons. The Hall–Kier alpha value is -1.53. The van der Waals surface area contributed by atoms with Gasteiger partial charge < -0.3 is 19.6 Å². The van der Waals surface area contributed by atoms with Crippen LogP contribution in [0.1, 0.15) is 17.0 Å². The van der Waals surface area contributed by atoms with Crippen LogP contribution in [0.25, 0.3) is 0 Å². The van der Waals surface area contributed by atoms with Gasteiger partial charge in [0.25, 0.3) is 5.91 Å². The number of carbonyl (C=O) groups excluding carboxylic acids is 1. The van der Waals surface area contributed by atoms with E-state index in [4.69, 9.17) is 25.9 Å². The Balaban J connectivity index is 2.60. The van der Waals surface area contributed by atoms with Gasteiger partial charge in [-0.3, -0.25) is 4.79 Å². The van der Waals surface area contributed by atoms with Gasteiger partial charge in [0.15, 0.2) is 11.0 Å². The zero-order chi connectivity index (χ0) is 12.8. The van der Waals surface area contributed by atoms with Crippen molar-refractivity contribution < 1.29 is 23.8 Å². The maximum atomic E-state index is 11.6. The predicted octanol–water partition coefficient (Wildman–Crippen LogP) is 1.15. The highest BCUT2D eigenvalue weighted by Gasteiger charge is 2.21. The standard InChI is InChI=1S/C10H12ClNO5/c1-16-5-4-6(10(14)15)12-9(13)7-2-3-8(11)17-7/h2-3,6H,4-5H2,1H3,(H,12,13)(H,14,15). The lowest BCUT2D eigenvalue weighted by atomic mass is 10.2. The number of aliphatic carboxylic acids is 1. The molecule has 0 fully saturated rings. The highest BCUT2D eigenvalue weighted by atomic mass is 35.5. The molecular weight excluding hydrogens is 250 g/mol. The molecule has 0 radical (unpaired) electrons. The fourth-order valence-corrected chi connectivity index (χ4v) is 1.30. The van der Waals surface area contributed by atoms with Gasteiger partial charge in [-0.05, 0) is 23.7 Å². The summed E-state index contributed by atoms with van der Waals surface area (Å²) in [5.41, 5.74) is 0. The number of carboxylic acid groups (broad SMARTS) is 1. The molecule has 17 heavy (non-hydrogen) atoms. The Morgan fingerprint density at radius 1 is 1.59 bits per heavy atom. The quantitative estimate of drug-likeness (QED) is 0.802. The van der Waals surface area contributed by atoms with Crippen LogP contribution in [0.5, 0.6) is 0 Å². The second-order valence-corrected chi connectivity index (χ2v) is 3.62. The summed E-state index contributed by atoms with van der Waals surface area (Å²) in [5, 5.41) is 11.3. The number of amides is 1. The number of ether oxygens (including phenoxy) is 1. The summed E-state index contributed by atoms with van der Waals surface area (Å²) < 4.78 is 9.61. The molecule has 0 saturated heterocycles. The van der Waals surface area contributed by atoms with Crippen LogP contribution >= 0.6 is 11.6 Å². The molecule has 0 aliphatic rings. The van der Waals surface area contributed by atoms with Gasteiger partial charge in [-0.25, -0.2) is 4.79 Å². The van der Waals surface area contributed by atoms with E-state index in [1.807, 2.05) is 0 Å². The molecule has 1 aromatic rings. The maximum Gasteiger partial charge on any atom is 0.326 e. The number of rotatable bonds is 6. The summed E-state index contributed by atoms with van der Waals surface area (Å²) in [6, 6.07) is 1.75. The lowest BCUT2D eigenvalue weighted by molar-refractivity contribution is -0.139. The summed E-state index contributed by atoms with van der Waals surface area (Å²) >= 11 is 5.50. The highest BCUT2D eigenvalue weighted by Crippen LogP contribution is 2.13. The molecule has 0 saturated carbocycles. The number of nitrogens with one attached hydrogen (secondary N) is 1. The molecule has 1 atom stereocenters. The predicted molar refractivity (Wildman–Crippen MR) is 59.1 cm³/mol. The van der Waals surface area contributed by atoms with E-state index in [-0.39, 0.29) is 24.0 Å². The molecule has 1 aromatic heterocycles. The first-order valence-electron chi connectivity index (χ1n) is 4.82. The minimum Gasteiger partial charge on any atom is -0.480 e. The highest BCUT2D eigenvalue weighted by molar-refractivity contribution is 6.29. The Morgan fingerprint density at radius 3 is 2.76 bits per heavy atom. The Morgan fingerprint density at radius 2 is 2.29 bits per heavy atom. The van der Waals surface area contributed by atoms with Crippen LogP contribution in [-0.2, 0) is 9.53 Å². The minimum absolute atomic E-state index is 0.0290. The third-order valence-electron chi connectivity index (χ3n) is 2.01. The van der Waals surface area contributed by atoms with Gasteiger partial charge in [-0.2, -0.15) is 0 Å². The smallest absolute Gasteiger partial charge is 0.326 e. The second-order valence-electron chi connectivity index (χ2n) is 3.25. The molecular formula is C10H12ClNO5. The van der Waals surface area contributed by atoms with Crippen LogP contribution in [0.15, 0.2) is 16.5 Å². The first-order chi connectivity index (χ1) is 8.04. The number of halogens is 1. The first kappa shape index (κ1) is 13.5. The van der Waals surface area contributed by atoms with E-state index in [2.05, 4.69) is 5.32 Å². The fraction of sp³-hybridized carbons (Fsp3) is 0.400. The fourth-order valence-electron chi connectivity index (χ4n) is 1.16. The zero-order valence-electron chi connectivity index (χ0n) is 9.10. The summed E-state index contributed by atoms with van der Waals surface area (Å²) in [4.78, 5) is 22.4. The van der Waals surface area contributed by atoms with Crippen molar-refractivity contribution in [1.82, 2.24) is 5.32 Å². The van der Waals surface area contributed by atoms with E-state index in [0.717, 1.165) is 0 Å². The molecule has 6 nitrogen and oxygen atoms in total. The van der Waals surface area contributed by atoms with Gasteiger partial charge in [0.1, 0.15) is 6.04 Å². The Bertz CT molecular complexity index is 403. The van der Waals surface area contributed by atoms with E-state index in [0.29, 0.717) is 0 Å². The van der Waals surface area contributed by atoms with E-state index in [1.165, 1.54) is 19.2 Å². The SMILES string of the molecule is COCCC(NC(=O)c1ccc(Cl)o1)C(=O)O. The molecule has 0 spiro atoms. The summed E-state index contributed by atoms with van der Waals surface area (Å²) in [5.74, 6) is -1.79. The molecule has 0 aromatic carbocycles. The molecule has 1 unspecified atom stereocenters. The van der Waals surface area contributed by atoms with Crippen molar-refractivity contribution in [3.8, 4) is 0 Å². The molecule has 0 bridgehead atoms. The van der Waals surface area contributed by atoms with Crippen molar-refractivity contribution in [1.29, 1.82) is 0 Å². The summed E-state index contributed by atoms with van der Waals surface area (Å²) in [7, 11) is 1.45. The van der Waals surface area contributed by atoms with Crippen LogP contribution in [0, 0.1) is 0 Å². The van der Waals surface area contributed by atoms with Crippen LogP contribution in [-0.4, -0.2) is 36.7 Å². The zero-order valence-corrected chi connectivity index (χ0v) is 9.86. The van der Waals surface area contributed by atoms with Gasteiger partial charge in [0.05, 0.1) is 0 Å². The maximum absolute atomic E-state index is 11.6. The van der Waals surface area contributed by atoms with Crippen LogP contribution < -0.4 is 5.32 Å². The number of carboxylic acids is 1. The second kappa shape index (κ2) is 6.27. The number of methoxy groups -OCH3 is 1. The van der Waals surface area contributed by atoms with Crippen molar-refractivity contribution in [3.05, 3.63) is 23.1 Å². The monoisotopic (exact) mass is 261 g/mol. The summed E-state index contributed by atoms with van der Waals surface area (Å²) in [6.07, 6.45) is 0.173. The van der Waals surface area contributed by atoms with Crippen molar-refractivity contribution in [3.63, 3.8) is 0 Å². The third kappa shape index (κ3) is 4.08. The van der Waals surface area contributed by atoms with Gasteiger partial charge in [-0.15, -0.1) is 0 Å². The normalized spacial score (nSPS) is 12.1. The molecule has 7 heteroatoms. The van der Waals surface area contributed by atoms with Crippen molar-refractivity contribution in [2.24, 2.45) is 0 Å². The lowest BCUT2D eigenvalue weighted by Crippen LogP contribution is -2.41. The number of carbonyl (C=O) groups is 2. The molecule has 0 aliphatic carbocycles. The van der Waals surface area contributed by atoms with Gasteiger partial charge >= 0.3 is 5.97 Å². The molecule has 2 N–H and O–H groups in total. The Kier molecular flexibility index (Phi) is 4.99.